The van der Waals surface area contributed by atoms with Crippen LogP contribution in [0.3, 0.4) is 0 Å². The maximum atomic E-state index is 6.22. The van der Waals surface area contributed by atoms with Gasteiger partial charge < -0.3 is 5.32 Å². The zero-order valence-electron chi connectivity index (χ0n) is 10.0. The van der Waals surface area contributed by atoms with Crippen molar-refractivity contribution in [3.63, 3.8) is 0 Å². The van der Waals surface area contributed by atoms with Crippen LogP contribution in [0.25, 0.3) is 0 Å². The Bertz CT molecular complexity index is 494. The Hall–Kier alpha value is -1.09. The summed E-state index contributed by atoms with van der Waals surface area (Å²) in [6.45, 7) is 0. The molecule has 2 nitrogen and oxygen atoms in total. The molecule has 0 spiro atoms. The minimum absolute atomic E-state index is 0.0566. The lowest BCUT2D eigenvalue weighted by molar-refractivity contribution is 0.585. The molecular formula is C14H14Cl2N2. The first kappa shape index (κ1) is 13.3. The summed E-state index contributed by atoms with van der Waals surface area (Å²) in [5.41, 5.74) is 1.93. The molecule has 0 radical (unpaired) electrons. The molecule has 1 N–H and O–H groups in total. The zero-order chi connectivity index (χ0) is 13.0. The van der Waals surface area contributed by atoms with E-state index in [2.05, 4.69) is 10.3 Å². The van der Waals surface area contributed by atoms with Crippen molar-refractivity contribution in [2.75, 3.05) is 7.05 Å². The Kier molecular flexibility index (Phi) is 4.59. The number of aromatic nitrogens is 1. The molecule has 0 aliphatic carbocycles. The Balaban J connectivity index is 2.29. The van der Waals surface area contributed by atoms with Gasteiger partial charge in [0.25, 0.3) is 0 Å². The lowest BCUT2D eigenvalue weighted by Crippen LogP contribution is -2.20. The van der Waals surface area contributed by atoms with E-state index in [1.165, 1.54) is 0 Å². The van der Waals surface area contributed by atoms with Crippen molar-refractivity contribution in [2.24, 2.45) is 0 Å². The minimum Gasteiger partial charge on any atom is -0.313 e. The number of hydrogen-bond acceptors (Lipinski definition) is 2. The molecule has 94 valence electrons. The molecule has 0 aliphatic heterocycles. The van der Waals surface area contributed by atoms with Crippen LogP contribution in [-0.4, -0.2) is 12.0 Å². The van der Waals surface area contributed by atoms with Crippen LogP contribution in [0, 0.1) is 0 Å². The molecular weight excluding hydrogens is 267 g/mol. The number of nitrogens with one attached hydrogen (secondary N) is 1. The standard InChI is InChI=1S/C14H14Cl2N2/c1-17-13(9-10-5-2-3-8-18-10)14-11(15)6-4-7-12(14)16/h2-8,13,17H,9H2,1H3. The summed E-state index contributed by atoms with van der Waals surface area (Å²) in [5, 5.41) is 4.60. The lowest BCUT2D eigenvalue weighted by Gasteiger charge is -2.19. The molecule has 1 aromatic carbocycles. The average molecular weight is 281 g/mol. The highest BCUT2D eigenvalue weighted by Gasteiger charge is 2.17. The molecule has 18 heavy (non-hydrogen) atoms. The van der Waals surface area contributed by atoms with Crippen LogP contribution in [0.15, 0.2) is 42.6 Å². The highest BCUT2D eigenvalue weighted by atomic mass is 35.5. The van der Waals surface area contributed by atoms with Crippen LogP contribution >= 0.6 is 23.2 Å². The SMILES string of the molecule is CNC(Cc1ccccn1)c1c(Cl)cccc1Cl. The van der Waals surface area contributed by atoms with Gasteiger partial charge in [0.2, 0.25) is 0 Å². The van der Waals surface area contributed by atoms with Gasteiger partial charge in [0.05, 0.1) is 0 Å². The molecule has 1 unspecified atom stereocenters. The second kappa shape index (κ2) is 6.19. The Labute approximate surface area is 117 Å². The molecule has 0 saturated carbocycles. The third-order valence-electron chi connectivity index (χ3n) is 2.84. The van der Waals surface area contributed by atoms with Gasteiger partial charge in [-0.15, -0.1) is 0 Å². The van der Waals surface area contributed by atoms with Gasteiger partial charge in [-0.3, -0.25) is 4.98 Å². The van der Waals surface area contributed by atoms with E-state index in [0.717, 1.165) is 17.7 Å². The Morgan fingerprint density at radius 3 is 2.39 bits per heavy atom. The number of halogens is 2. The topological polar surface area (TPSA) is 24.9 Å². The third-order valence-corrected chi connectivity index (χ3v) is 3.50. The molecule has 0 aliphatic rings. The molecule has 2 rings (SSSR count). The maximum absolute atomic E-state index is 6.22. The number of nitrogens with zero attached hydrogens (tertiary/aromatic N) is 1. The van der Waals surface area contributed by atoms with E-state index < -0.39 is 0 Å². The fourth-order valence-corrected chi connectivity index (χ4v) is 2.58. The monoisotopic (exact) mass is 280 g/mol. The van der Waals surface area contributed by atoms with Gasteiger partial charge in [-0.2, -0.15) is 0 Å². The van der Waals surface area contributed by atoms with Gasteiger partial charge in [0.1, 0.15) is 0 Å². The normalized spacial score (nSPS) is 12.4. The summed E-state index contributed by atoms with van der Waals surface area (Å²) in [5.74, 6) is 0. The first-order chi connectivity index (χ1) is 8.72. The first-order valence-corrected chi connectivity index (χ1v) is 6.49. The first-order valence-electron chi connectivity index (χ1n) is 5.73. The molecule has 0 amide bonds. The third kappa shape index (κ3) is 3.02. The molecule has 0 fully saturated rings. The van der Waals surface area contributed by atoms with Crippen LogP contribution in [-0.2, 0) is 6.42 Å². The van der Waals surface area contributed by atoms with Gasteiger partial charge in [-0.1, -0.05) is 35.3 Å². The largest absolute Gasteiger partial charge is 0.313 e. The molecule has 4 heteroatoms. The summed E-state index contributed by atoms with van der Waals surface area (Å²) >= 11 is 12.4. The number of benzene rings is 1. The summed E-state index contributed by atoms with van der Waals surface area (Å²) in [6, 6.07) is 11.5. The van der Waals surface area contributed by atoms with E-state index in [9.17, 15) is 0 Å². The van der Waals surface area contributed by atoms with Crippen molar-refractivity contribution >= 4 is 23.2 Å². The van der Waals surface area contributed by atoms with E-state index in [4.69, 9.17) is 23.2 Å². The molecule has 0 saturated heterocycles. The van der Waals surface area contributed by atoms with Crippen LogP contribution in [0.5, 0.6) is 0 Å². The second-order valence-electron chi connectivity index (χ2n) is 4.00. The average Bonchev–Trinajstić information content (AvgIpc) is 2.38. The summed E-state index contributed by atoms with van der Waals surface area (Å²) in [4.78, 5) is 4.33. The summed E-state index contributed by atoms with van der Waals surface area (Å²) < 4.78 is 0. The van der Waals surface area contributed by atoms with Crippen molar-refractivity contribution < 1.29 is 0 Å². The number of hydrogen-bond donors (Lipinski definition) is 1. The van der Waals surface area contributed by atoms with Crippen molar-refractivity contribution in [2.45, 2.75) is 12.5 Å². The smallest absolute Gasteiger partial charge is 0.0468 e. The van der Waals surface area contributed by atoms with Crippen molar-refractivity contribution in [3.8, 4) is 0 Å². The maximum Gasteiger partial charge on any atom is 0.0468 e. The Morgan fingerprint density at radius 2 is 1.83 bits per heavy atom. The molecule has 1 heterocycles. The Morgan fingerprint density at radius 1 is 1.11 bits per heavy atom. The van der Waals surface area contributed by atoms with Crippen molar-refractivity contribution in [1.29, 1.82) is 0 Å². The highest BCUT2D eigenvalue weighted by Crippen LogP contribution is 2.31. The van der Waals surface area contributed by atoms with Gasteiger partial charge >= 0.3 is 0 Å². The minimum atomic E-state index is 0.0566. The number of likely N-dealkylation sites (N-methyl/N-ethyl adjacent to an activating group) is 1. The molecule has 2 aromatic rings. The van der Waals surface area contributed by atoms with Crippen molar-refractivity contribution in [1.82, 2.24) is 10.3 Å². The van der Waals surface area contributed by atoms with Crippen LogP contribution in [0.1, 0.15) is 17.3 Å². The summed E-state index contributed by atoms with van der Waals surface area (Å²) in [6.07, 6.45) is 2.54. The van der Waals surface area contributed by atoms with Crippen LogP contribution < -0.4 is 5.32 Å². The quantitative estimate of drug-likeness (QED) is 0.919. The van der Waals surface area contributed by atoms with Crippen LogP contribution in [0.4, 0.5) is 0 Å². The van der Waals surface area contributed by atoms with Gasteiger partial charge in [0.15, 0.2) is 0 Å². The fourth-order valence-electron chi connectivity index (χ4n) is 1.92. The van der Waals surface area contributed by atoms with Gasteiger partial charge in [-0.25, -0.2) is 0 Å². The van der Waals surface area contributed by atoms with Crippen molar-refractivity contribution in [3.05, 3.63) is 63.9 Å². The number of pyridine rings is 1. The zero-order valence-corrected chi connectivity index (χ0v) is 11.5. The number of rotatable bonds is 4. The van der Waals surface area contributed by atoms with Crippen LogP contribution in [0.2, 0.25) is 10.0 Å². The van der Waals surface area contributed by atoms with E-state index in [1.54, 1.807) is 6.20 Å². The molecule has 1 atom stereocenters. The van der Waals surface area contributed by atoms with E-state index in [1.807, 2.05) is 43.4 Å². The molecule has 0 bridgehead atoms. The summed E-state index contributed by atoms with van der Waals surface area (Å²) in [7, 11) is 1.90. The lowest BCUT2D eigenvalue weighted by atomic mass is 10.0. The highest BCUT2D eigenvalue weighted by molar-refractivity contribution is 6.36. The second-order valence-corrected chi connectivity index (χ2v) is 4.82. The van der Waals surface area contributed by atoms with E-state index >= 15 is 0 Å². The predicted molar refractivity (Wildman–Crippen MR) is 76.2 cm³/mol. The van der Waals surface area contributed by atoms with E-state index in [-0.39, 0.29) is 6.04 Å². The van der Waals surface area contributed by atoms with Gasteiger partial charge in [0, 0.05) is 40.0 Å². The molecule has 1 aromatic heterocycles. The van der Waals surface area contributed by atoms with Gasteiger partial charge in [-0.05, 0) is 31.3 Å². The predicted octanol–water partition coefficient (Wildman–Crippen LogP) is 3.89. The van der Waals surface area contributed by atoms with E-state index in [0.29, 0.717) is 10.0 Å². The fraction of sp³-hybridized carbons (Fsp3) is 0.214.